The van der Waals surface area contributed by atoms with Crippen LogP contribution < -0.4 is 5.32 Å². The van der Waals surface area contributed by atoms with E-state index in [0.717, 1.165) is 17.1 Å². The van der Waals surface area contributed by atoms with Gasteiger partial charge in [0.2, 0.25) is 0 Å². The fraction of sp³-hybridized carbons (Fsp3) is 0.333. The number of aliphatic hydroxyl groups excluding tert-OH is 1. The zero-order valence-corrected chi connectivity index (χ0v) is 14.1. The molecule has 2 aromatic rings. The van der Waals surface area contributed by atoms with Gasteiger partial charge in [-0.2, -0.15) is 0 Å². The normalized spacial score (nSPS) is 11.9. The quantitative estimate of drug-likeness (QED) is 0.729. The molecule has 1 atom stereocenters. The highest BCUT2D eigenvalue weighted by Crippen LogP contribution is 2.22. The van der Waals surface area contributed by atoms with Gasteiger partial charge in [0.05, 0.1) is 0 Å². The molecule has 1 heterocycles. The summed E-state index contributed by atoms with van der Waals surface area (Å²) in [6.07, 6.45) is 5.11. The van der Waals surface area contributed by atoms with Crippen LogP contribution >= 0.6 is 11.8 Å². The summed E-state index contributed by atoms with van der Waals surface area (Å²) >= 11 is 1.72. The second-order valence-electron chi connectivity index (χ2n) is 5.41. The number of nitrogens with one attached hydrogen (secondary N) is 1. The van der Waals surface area contributed by atoms with Crippen molar-refractivity contribution in [3.8, 4) is 0 Å². The van der Waals surface area contributed by atoms with Gasteiger partial charge in [-0.1, -0.05) is 6.07 Å². The molecule has 1 aromatic carbocycles. The Hall–Kier alpha value is -1.85. The van der Waals surface area contributed by atoms with Crippen molar-refractivity contribution in [2.75, 3.05) is 6.61 Å². The van der Waals surface area contributed by atoms with Crippen molar-refractivity contribution in [2.24, 2.45) is 0 Å². The van der Waals surface area contributed by atoms with E-state index in [1.54, 1.807) is 18.0 Å². The Labute approximate surface area is 141 Å². The van der Waals surface area contributed by atoms with Crippen molar-refractivity contribution in [3.05, 3.63) is 59.9 Å². The predicted octanol–water partition coefficient (Wildman–Crippen LogP) is 3.26. The highest BCUT2D eigenvalue weighted by molar-refractivity contribution is 7.98. The molecule has 5 heteroatoms. The molecule has 0 fully saturated rings. The lowest BCUT2D eigenvalue weighted by atomic mass is 10.1. The molecule has 1 aromatic heterocycles. The summed E-state index contributed by atoms with van der Waals surface area (Å²) in [5.74, 6) is 0.789. The molecule has 2 rings (SSSR count). The molecule has 23 heavy (non-hydrogen) atoms. The second-order valence-corrected chi connectivity index (χ2v) is 6.46. The van der Waals surface area contributed by atoms with Gasteiger partial charge in [-0.3, -0.25) is 9.78 Å². The van der Waals surface area contributed by atoms with E-state index in [9.17, 15) is 4.79 Å². The van der Waals surface area contributed by atoms with Crippen molar-refractivity contribution in [3.63, 3.8) is 0 Å². The lowest BCUT2D eigenvalue weighted by Crippen LogP contribution is -2.32. The van der Waals surface area contributed by atoms with Crippen LogP contribution in [0.3, 0.4) is 0 Å². The van der Waals surface area contributed by atoms with Gasteiger partial charge in [0.15, 0.2) is 0 Å². The third-order valence-electron chi connectivity index (χ3n) is 3.42. The summed E-state index contributed by atoms with van der Waals surface area (Å²) < 4.78 is 0. The van der Waals surface area contributed by atoms with Crippen molar-refractivity contribution in [1.82, 2.24) is 10.3 Å². The van der Waals surface area contributed by atoms with Gasteiger partial charge in [-0.25, -0.2) is 0 Å². The first-order valence-electron chi connectivity index (χ1n) is 7.72. The number of nitrogens with zero attached hydrogens (tertiary/aromatic N) is 1. The Bertz CT molecular complexity index is 602. The Balaban J connectivity index is 1.85. The maximum absolute atomic E-state index is 12.1. The summed E-state index contributed by atoms with van der Waals surface area (Å²) in [4.78, 5) is 17.3. The molecule has 0 aliphatic rings. The van der Waals surface area contributed by atoms with Crippen LogP contribution in [-0.4, -0.2) is 28.6 Å². The number of aliphatic hydroxyl groups is 1. The average Bonchev–Trinajstić information content (AvgIpc) is 2.59. The molecule has 0 saturated heterocycles. The van der Waals surface area contributed by atoms with Gasteiger partial charge in [-0.05, 0) is 55.7 Å². The number of carbonyl (C=O) groups excluding carboxylic acids is 1. The minimum atomic E-state index is -0.0701. The molecule has 4 nitrogen and oxygen atoms in total. The number of rotatable bonds is 8. The zero-order valence-electron chi connectivity index (χ0n) is 13.2. The summed E-state index contributed by atoms with van der Waals surface area (Å²) in [5.41, 5.74) is 1.84. The summed E-state index contributed by atoms with van der Waals surface area (Å²) in [5, 5.41) is 11.8. The van der Waals surface area contributed by atoms with E-state index >= 15 is 0 Å². The van der Waals surface area contributed by atoms with Gasteiger partial charge >= 0.3 is 0 Å². The van der Waals surface area contributed by atoms with Crippen LogP contribution in [0.25, 0.3) is 0 Å². The smallest absolute Gasteiger partial charge is 0.251 e. The molecule has 0 radical (unpaired) electrons. The number of hydrogen-bond donors (Lipinski definition) is 2. The van der Waals surface area contributed by atoms with Crippen molar-refractivity contribution in [2.45, 2.75) is 36.5 Å². The molecule has 1 amide bonds. The maximum Gasteiger partial charge on any atom is 0.251 e. The third-order valence-corrected chi connectivity index (χ3v) is 4.50. The molecular weight excluding hydrogens is 308 g/mol. The highest BCUT2D eigenvalue weighted by Gasteiger charge is 2.09. The number of thioether (sulfide) groups is 1. The molecular formula is C18H22N2O2S. The lowest BCUT2D eigenvalue weighted by molar-refractivity contribution is 0.0936. The third kappa shape index (κ3) is 6.04. The van der Waals surface area contributed by atoms with Crippen LogP contribution in [0.2, 0.25) is 0 Å². The Morgan fingerprint density at radius 3 is 2.74 bits per heavy atom. The number of amides is 1. The zero-order chi connectivity index (χ0) is 16.5. The number of aromatic nitrogens is 1. The van der Waals surface area contributed by atoms with Gasteiger partial charge in [0.1, 0.15) is 0 Å². The Kier molecular flexibility index (Phi) is 7.10. The van der Waals surface area contributed by atoms with Crippen LogP contribution in [-0.2, 0) is 5.75 Å². The van der Waals surface area contributed by atoms with Crippen LogP contribution in [0.15, 0.2) is 53.7 Å². The SMILES string of the molecule is CC(CCCO)NC(=O)c1ccc(SCc2cccnc2)cc1. The number of carbonyl (C=O) groups is 1. The van der Waals surface area contributed by atoms with Crippen LogP contribution in [0.5, 0.6) is 0 Å². The van der Waals surface area contributed by atoms with Gasteiger partial charge in [-0.15, -0.1) is 11.8 Å². The van der Waals surface area contributed by atoms with Crippen molar-refractivity contribution < 1.29 is 9.90 Å². The van der Waals surface area contributed by atoms with Crippen molar-refractivity contribution >= 4 is 17.7 Å². The van der Waals surface area contributed by atoms with Crippen molar-refractivity contribution in [1.29, 1.82) is 0 Å². The second kappa shape index (κ2) is 9.33. The summed E-state index contributed by atoms with van der Waals surface area (Å²) in [6.45, 7) is 2.11. The summed E-state index contributed by atoms with van der Waals surface area (Å²) in [7, 11) is 0. The van der Waals surface area contributed by atoms with E-state index in [1.807, 2.05) is 43.5 Å². The molecule has 122 valence electrons. The fourth-order valence-electron chi connectivity index (χ4n) is 2.13. The van der Waals surface area contributed by atoms with Crippen LogP contribution in [0.4, 0.5) is 0 Å². The van der Waals surface area contributed by atoms with Gasteiger partial charge < -0.3 is 10.4 Å². The van der Waals surface area contributed by atoms with Crippen LogP contribution in [0, 0.1) is 0 Å². The first-order chi connectivity index (χ1) is 11.2. The van der Waals surface area contributed by atoms with E-state index in [2.05, 4.69) is 16.4 Å². The fourth-order valence-corrected chi connectivity index (χ4v) is 2.96. The Morgan fingerprint density at radius 1 is 1.30 bits per heavy atom. The van der Waals surface area contributed by atoms with Crippen LogP contribution in [0.1, 0.15) is 35.7 Å². The van der Waals surface area contributed by atoms with E-state index in [0.29, 0.717) is 12.0 Å². The van der Waals surface area contributed by atoms with E-state index in [1.165, 1.54) is 5.56 Å². The topological polar surface area (TPSA) is 62.2 Å². The average molecular weight is 330 g/mol. The van der Waals surface area contributed by atoms with Gasteiger partial charge in [0, 0.05) is 41.3 Å². The standard InChI is InChI=1S/C18H22N2O2S/c1-14(4-3-11-21)20-18(22)16-6-8-17(9-7-16)23-13-15-5-2-10-19-12-15/h2,5-10,12,14,21H,3-4,11,13H2,1H3,(H,20,22). The number of hydrogen-bond acceptors (Lipinski definition) is 4. The minimum Gasteiger partial charge on any atom is -0.396 e. The number of pyridine rings is 1. The molecule has 0 saturated carbocycles. The monoisotopic (exact) mass is 330 g/mol. The molecule has 2 N–H and O–H groups in total. The lowest BCUT2D eigenvalue weighted by Gasteiger charge is -2.13. The predicted molar refractivity (Wildman–Crippen MR) is 93.5 cm³/mol. The molecule has 0 bridgehead atoms. The maximum atomic E-state index is 12.1. The Morgan fingerprint density at radius 2 is 2.09 bits per heavy atom. The largest absolute Gasteiger partial charge is 0.396 e. The van der Waals surface area contributed by atoms with E-state index < -0.39 is 0 Å². The van der Waals surface area contributed by atoms with Gasteiger partial charge in [0.25, 0.3) is 5.91 Å². The van der Waals surface area contributed by atoms with E-state index in [-0.39, 0.29) is 18.6 Å². The van der Waals surface area contributed by atoms with E-state index in [4.69, 9.17) is 5.11 Å². The first-order valence-corrected chi connectivity index (χ1v) is 8.71. The molecule has 1 unspecified atom stereocenters. The highest BCUT2D eigenvalue weighted by atomic mass is 32.2. The summed E-state index contributed by atoms with van der Waals surface area (Å²) in [6, 6.07) is 11.7. The minimum absolute atomic E-state index is 0.0642. The number of benzene rings is 1. The molecule has 0 spiro atoms. The molecule has 0 aliphatic heterocycles. The molecule has 0 aliphatic carbocycles. The first kappa shape index (κ1) is 17.5.